The SMILES string of the molecule is CS(=O)(=O)c1ccccc1-c1ccc(NC(=O)C2CC(C(=O)O)CN2C(=O)Nc2ccc(Cl)cc2)c(F)c1. The molecule has 9 nitrogen and oxygen atoms in total. The van der Waals surface area contributed by atoms with Gasteiger partial charge in [0.1, 0.15) is 11.9 Å². The molecular formula is C26H23ClFN3O6S. The molecule has 3 N–H and O–H groups in total. The van der Waals surface area contributed by atoms with E-state index in [-0.39, 0.29) is 29.1 Å². The standard InChI is InChI=1S/C26H23ClFN3O6S/c1-38(36,37)23-5-3-2-4-19(23)15-6-11-21(20(28)12-15)30-24(32)22-13-16(25(33)34)14-31(22)26(35)29-18-9-7-17(27)8-10-18/h2-12,16,22H,13-14H2,1H3,(H,29,35)(H,30,32)(H,33,34). The maximum atomic E-state index is 15.0. The molecule has 1 aliphatic rings. The predicted octanol–water partition coefficient (Wildman–Crippen LogP) is 4.50. The van der Waals surface area contributed by atoms with Gasteiger partial charge in [-0.3, -0.25) is 9.59 Å². The Balaban J connectivity index is 1.55. The monoisotopic (exact) mass is 559 g/mol. The first kappa shape index (κ1) is 27.1. The van der Waals surface area contributed by atoms with E-state index >= 15 is 4.39 Å². The molecule has 2 unspecified atom stereocenters. The fourth-order valence-corrected chi connectivity index (χ4v) is 5.28. The Morgan fingerprint density at radius 1 is 1.03 bits per heavy atom. The average Bonchev–Trinajstić information content (AvgIpc) is 3.32. The van der Waals surface area contributed by atoms with Crippen LogP contribution in [0.4, 0.5) is 20.6 Å². The summed E-state index contributed by atoms with van der Waals surface area (Å²) in [6, 6.07) is 14.4. The molecule has 3 aromatic rings. The van der Waals surface area contributed by atoms with Crippen molar-refractivity contribution in [3.8, 4) is 11.1 Å². The lowest BCUT2D eigenvalue weighted by atomic mass is 10.0. The highest BCUT2D eigenvalue weighted by molar-refractivity contribution is 7.90. The van der Waals surface area contributed by atoms with E-state index in [0.29, 0.717) is 16.3 Å². The van der Waals surface area contributed by atoms with Crippen LogP contribution in [-0.2, 0) is 19.4 Å². The van der Waals surface area contributed by atoms with Crippen LogP contribution in [0, 0.1) is 11.7 Å². The number of nitrogens with one attached hydrogen (secondary N) is 2. The van der Waals surface area contributed by atoms with Gasteiger partial charge in [-0.25, -0.2) is 17.6 Å². The van der Waals surface area contributed by atoms with Gasteiger partial charge in [0.2, 0.25) is 5.91 Å². The Morgan fingerprint density at radius 3 is 2.34 bits per heavy atom. The van der Waals surface area contributed by atoms with Crippen LogP contribution >= 0.6 is 11.6 Å². The van der Waals surface area contributed by atoms with E-state index in [9.17, 15) is 27.9 Å². The summed E-state index contributed by atoms with van der Waals surface area (Å²) in [7, 11) is -3.58. The van der Waals surface area contributed by atoms with Gasteiger partial charge in [-0.1, -0.05) is 35.9 Å². The summed E-state index contributed by atoms with van der Waals surface area (Å²) in [5.74, 6) is -3.74. The lowest BCUT2D eigenvalue weighted by molar-refractivity contribution is -0.141. The summed E-state index contributed by atoms with van der Waals surface area (Å²) in [6.07, 6.45) is 0.897. The van der Waals surface area contributed by atoms with Crippen molar-refractivity contribution in [2.24, 2.45) is 5.92 Å². The summed E-state index contributed by atoms with van der Waals surface area (Å²) < 4.78 is 39.3. The summed E-state index contributed by atoms with van der Waals surface area (Å²) >= 11 is 5.86. The molecule has 0 aromatic heterocycles. The van der Waals surface area contributed by atoms with E-state index in [1.165, 1.54) is 18.2 Å². The number of hydrogen-bond donors (Lipinski definition) is 3. The fourth-order valence-electron chi connectivity index (χ4n) is 4.24. The number of likely N-dealkylation sites (tertiary alicyclic amines) is 1. The molecular weight excluding hydrogens is 537 g/mol. The minimum absolute atomic E-state index is 0.0317. The molecule has 3 amide bonds. The van der Waals surface area contributed by atoms with Crippen molar-refractivity contribution >= 4 is 50.7 Å². The van der Waals surface area contributed by atoms with Gasteiger partial charge in [-0.15, -0.1) is 0 Å². The van der Waals surface area contributed by atoms with Gasteiger partial charge in [0.15, 0.2) is 9.84 Å². The Labute approximate surface area is 223 Å². The van der Waals surface area contributed by atoms with E-state index in [1.807, 2.05) is 0 Å². The number of benzene rings is 3. The predicted molar refractivity (Wildman–Crippen MR) is 140 cm³/mol. The molecule has 1 heterocycles. The number of carbonyl (C=O) groups is 3. The molecule has 0 aliphatic carbocycles. The highest BCUT2D eigenvalue weighted by atomic mass is 35.5. The number of hydrogen-bond acceptors (Lipinski definition) is 5. The molecule has 2 atom stereocenters. The quantitative estimate of drug-likeness (QED) is 0.407. The summed E-state index contributed by atoms with van der Waals surface area (Å²) in [5, 5.41) is 15.0. The average molecular weight is 560 g/mol. The van der Waals surface area contributed by atoms with Crippen LogP contribution in [0.3, 0.4) is 0 Å². The number of amides is 3. The molecule has 0 saturated carbocycles. The third kappa shape index (κ3) is 5.95. The second-order valence-electron chi connectivity index (χ2n) is 8.83. The van der Waals surface area contributed by atoms with Crippen molar-refractivity contribution in [2.75, 3.05) is 23.4 Å². The number of aliphatic carboxylic acids is 1. The van der Waals surface area contributed by atoms with Crippen molar-refractivity contribution in [1.29, 1.82) is 0 Å². The normalized spacial score (nSPS) is 17.2. The fraction of sp³-hybridized carbons (Fsp3) is 0.192. The Morgan fingerprint density at radius 2 is 1.71 bits per heavy atom. The third-order valence-electron chi connectivity index (χ3n) is 6.13. The van der Waals surface area contributed by atoms with E-state index in [1.54, 1.807) is 42.5 Å². The number of halogens is 2. The van der Waals surface area contributed by atoms with Crippen LogP contribution in [0.25, 0.3) is 11.1 Å². The zero-order chi connectivity index (χ0) is 27.6. The summed E-state index contributed by atoms with van der Waals surface area (Å²) in [5.41, 5.74) is 0.787. The Bertz CT molecular complexity index is 1510. The zero-order valence-corrected chi connectivity index (χ0v) is 21.6. The minimum atomic E-state index is -3.58. The van der Waals surface area contributed by atoms with Crippen LogP contribution in [-0.4, -0.2) is 55.2 Å². The number of carbonyl (C=O) groups excluding carboxylic acids is 2. The van der Waals surface area contributed by atoms with Crippen molar-refractivity contribution in [2.45, 2.75) is 17.4 Å². The van der Waals surface area contributed by atoms with Gasteiger partial charge >= 0.3 is 12.0 Å². The van der Waals surface area contributed by atoms with Gasteiger partial charge in [0.25, 0.3) is 0 Å². The molecule has 0 spiro atoms. The zero-order valence-electron chi connectivity index (χ0n) is 20.0. The molecule has 0 bridgehead atoms. The molecule has 1 aliphatic heterocycles. The number of carboxylic acid groups (broad SMARTS) is 1. The third-order valence-corrected chi connectivity index (χ3v) is 7.54. The number of urea groups is 1. The molecule has 1 fully saturated rings. The molecule has 198 valence electrons. The van der Waals surface area contributed by atoms with Crippen LogP contribution in [0.2, 0.25) is 5.02 Å². The molecule has 12 heteroatoms. The minimum Gasteiger partial charge on any atom is -0.481 e. The molecule has 38 heavy (non-hydrogen) atoms. The highest BCUT2D eigenvalue weighted by Gasteiger charge is 2.42. The Kier molecular flexibility index (Phi) is 7.70. The highest BCUT2D eigenvalue weighted by Crippen LogP contribution is 2.31. The number of sulfone groups is 1. The molecule has 3 aromatic carbocycles. The molecule has 1 saturated heterocycles. The van der Waals surface area contributed by atoms with Crippen LogP contribution in [0.1, 0.15) is 6.42 Å². The van der Waals surface area contributed by atoms with Gasteiger partial charge < -0.3 is 20.6 Å². The van der Waals surface area contributed by atoms with Gasteiger partial charge in [0, 0.05) is 29.1 Å². The molecule has 4 rings (SSSR count). The number of nitrogens with zero attached hydrogens (tertiary/aromatic N) is 1. The van der Waals surface area contributed by atoms with Crippen molar-refractivity contribution < 1.29 is 32.3 Å². The number of carboxylic acids is 1. The van der Waals surface area contributed by atoms with Gasteiger partial charge in [0.05, 0.1) is 16.5 Å². The summed E-state index contributed by atoms with van der Waals surface area (Å²) in [6.45, 7) is -0.212. The van der Waals surface area contributed by atoms with Crippen molar-refractivity contribution in [3.63, 3.8) is 0 Å². The second-order valence-corrected chi connectivity index (χ2v) is 11.2. The van der Waals surface area contributed by atoms with E-state index in [2.05, 4.69) is 10.6 Å². The second kappa shape index (κ2) is 10.8. The van der Waals surface area contributed by atoms with Crippen LogP contribution in [0.5, 0.6) is 0 Å². The largest absolute Gasteiger partial charge is 0.481 e. The first-order valence-corrected chi connectivity index (χ1v) is 13.7. The van der Waals surface area contributed by atoms with Crippen LogP contribution in [0.15, 0.2) is 71.6 Å². The number of rotatable bonds is 6. The first-order chi connectivity index (χ1) is 17.9. The van der Waals surface area contributed by atoms with E-state index in [0.717, 1.165) is 17.2 Å². The topological polar surface area (TPSA) is 133 Å². The van der Waals surface area contributed by atoms with Gasteiger partial charge in [-0.2, -0.15) is 0 Å². The maximum Gasteiger partial charge on any atom is 0.322 e. The number of anilines is 2. The lowest BCUT2D eigenvalue weighted by Gasteiger charge is -2.24. The van der Waals surface area contributed by atoms with E-state index < -0.39 is 45.5 Å². The van der Waals surface area contributed by atoms with Crippen molar-refractivity contribution in [1.82, 2.24) is 4.90 Å². The first-order valence-electron chi connectivity index (χ1n) is 11.4. The van der Waals surface area contributed by atoms with Crippen LogP contribution < -0.4 is 10.6 Å². The molecule has 0 radical (unpaired) electrons. The Hall–Kier alpha value is -3.96. The van der Waals surface area contributed by atoms with E-state index in [4.69, 9.17) is 11.6 Å². The smallest absolute Gasteiger partial charge is 0.322 e. The maximum absolute atomic E-state index is 15.0. The lowest BCUT2D eigenvalue weighted by Crippen LogP contribution is -2.45. The summed E-state index contributed by atoms with van der Waals surface area (Å²) in [4.78, 5) is 38.7. The van der Waals surface area contributed by atoms with Gasteiger partial charge in [-0.05, 0) is 54.4 Å². The van der Waals surface area contributed by atoms with Crippen molar-refractivity contribution in [3.05, 3.63) is 77.6 Å².